The van der Waals surface area contributed by atoms with Gasteiger partial charge in [0.1, 0.15) is 5.82 Å². The molecule has 2 aromatic rings. The van der Waals surface area contributed by atoms with Crippen molar-refractivity contribution in [2.75, 3.05) is 23.3 Å². The third-order valence-corrected chi connectivity index (χ3v) is 3.74. The molecule has 0 saturated heterocycles. The van der Waals surface area contributed by atoms with Crippen LogP contribution < -0.4 is 11.1 Å². The number of halogens is 1. The zero-order valence-electron chi connectivity index (χ0n) is 9.77. The molecule has 0 aliphatic rings. The standard InChI is InChI=1S/C13H14BrN3S/c14-10-8-12(15)13(17-9-10)16-6-7-18-11-4-2-1-3-5-11/h1-5,8-9H,6-7,15H2,(H,16,17). The zero-order chi connectivity index (χ0) is 12.8. The normalized spacial score (nSPS) is 10.3. The van der Waals surface area contributed by atoms with Gasteiger partial charge in [0.05, 0.1) is 5.69 Å². The van der Waals surface area contributed by atoms with E-state index < -0.39 is 0 Å². The maximum absolute atomic E-state index is 5.85. The van der Waals surface area contributed by atoms with E-state index in [0.29, 0.717) is 5.69 Å². The van der Waals surface area contributed by atoms with Gasteiger partial charge in [-0.25, -0.2) is 4.98 Å². The molecule has 0 spiro atoms. The van der Waals surface area contributed by atoms with Crippen LogP contribution in [0, 0.1) is 0 Å². The number of thioether (sulfide) groups is 1. The summed E-state index contributed by atoms with van der Waals surface area (Å²) in [6.45, 7) is 0.832. The Kier molecular flexibility index (Phi) is 4.90. The van der Waals surface area contributed by atoms with Crippen LogP contribution >= 0.6 is 27.7 Å². The number of hydrogen-bond acceptors (Lipinski definition) is 4. The number of nitrogen functional groups attached to an aromatic ring is 1. The predicted octanol–water partition coefficient (Wildman–Crippen LogP) is 3.63. The summed E-state index contributed by atoms with van der Waals surface area (Å²) in [6, 6.07) is 12.2. The molecule has 0 aliphatic heterocycles. The molecule has 0 amide bonds. The van der Waals surface area contributed by atoms with E-state index in [1.807, 2.05) is 36.0 Å². The number of nitrogens with two attached hydrogens (primary N) is 1. The molecule has 3 nitrogen and oxygen atoms in total. The van der Waals surface area contributed by atoms with E-state index in [9.17, 15) is 0 Å². The molecule has 1 aromatic heterocycles. The van der Waals surface area contributed by atoms with Gasteiger partial charge in [-0.05, 0) is 34.1 Å². The van der Waals surface area contributed by atoms with Gasteiger partial charge < -0.3 is 11.1 Å². The highest BCUT2D eigenvalue weighted by atomic mass is 79.9. The molecule has 0 unspecified atom stereocenters. The monoisotopic (exact) mass is 323 g/mol. The summed E-state index contributed by atoms with van der Waals surface area (Å²) in [4.78, 5) is 5.50. The number of rotatable bonds is 5. The van der Waals surface area contributed by atoms with E-state index >= 15 is 0 Å². The Balaban J connectivity index is 1.79. The SMILES string of the molecule is Nc1cc(Br)cnc1NCCSc1ccccc1. The van der Waals surface area contributed by atoms with Crippen molar-refractivity contribution < 1.29 is 0 Å². The first-order chi connectivity index (χ1) is 8.75. The molecule has 5 heteroatoms. The number of aromatic nitrogens is 1. The number of anilines is 2. The highest BCUT2D eigenvalue weighted by Crippen LogP contribution is 2.20. The summed E-state index contributed by atoms with van der Waals surface area (Å²) in [5.41, 5.74) is 6.51. The molecule has 0 aliphatic carbocycles. The minimum absolute atomic E-state index is 0.661. The van der Waals surface area contributed by atoms with Crippen LogP contribution in [0.25, 0.3) is 0 Å². The molecule has 0 fully saturated rings. The largest absolute Gasteiger partial charge is 0.396 e. The molecule has 3 N–H and O–H groups in total. The van der Waals surface area contributed by atoms with Gasteiger partial charge in [-0.1, -0.05) is 18.2 Å². The molecule has 1 aromatic carbocycles. The topological polar surface area (TPSA) is 50.9 Å². The van der Waals surface area contributed by atoms with E-state index in [0.717, 1.165) is 22.6 Å². The van der Waals surface area contributed by atoms with Gasteiger partial charge in [-0.2, -0.15) is 0 Å². The van der Waals surface area contributed by atoms with Crippen LogP contribution in [-0.4, -0.2) is 17.3 Å². The Morgan fingerprint density at radius 3 is 2.78 bits per heavy atom. The van der Waals surface area contributed by atoms with Crippen molar-refractivity contribution in [1.82, 2.24) is 4.98 Å². The van der Waals surface area contributed by atoms with Gasteiger partial charge in [0.25, 0.3) is 0 Å². The quantitative estimate of drug-likeness (QED) is 0.651. The van der Waals surface area contributed by atoms with Crippen molar-refractivity contribution in [3.8, 4) is 0 Å². The second-order valence-corrected chi connectivity index (χ2v) is 5.76. The first-order valence-electron chi connectivity index (χ1n) is 5.58. The van der Waals surface area contributed by atoms with E-state index in [1.54, 1.807) is 6.20 Å². The smallest absolute Gasteiger partial charge is 0.149 e. The Morgan fingerprint density at radius 1 is 1.28 bits per heavy atom. The van der Waals surface area contributed by atoms with Crippen LogP contribution in [-0.2, 0) is 0 Å². The average molecular weight is 324 g/mol. The second kappa shape index (κ2) is 6.66. The molecular formula is C13H14BrN3S. The van der Waals surface area contributed by atoms with Crippen LogP contribution in [0.1, 0.15) is 0 Å². The zero-order valence-corrected chi connectivity index (χ0v) is 12.2. The van der Waals surface area contributed by atoms with Crippen LogP contribution in [0.4, 0.5) is 11.5 Å². The molecule has 18 heavy (non-hydrogen) atoms. The number of nitrogens with one attached hydrogen (secondary N) is 1. The average Bonchev–Trinajstić information content (AvgIpc) is 2.38. The van der Waals surface area contributed by atoms with Gasteiger partial charge in [-0.3, -0.25) is 0 Å². The number of pyridine rings is 1. The molecule has 0 saturated carbocycles. The molecule has 0 atom stereocenters. The summed E-state index contributed by atoms with van der Waals surface area (Å²) in [6.07, 6.45) is 1.74. The fraction of sp³-hybridized carbons (Fsp3) is 0.154. The van der Waals surface area contributed by atoms with Crippen molar-refractivity contribution in [3.05, 3.63) is 47.1 Å². The molecular weight excluding hydrogens is 310 g/mol. The fourth-order valence-corrected chi connectivity index (χ4v) is 2.60. The fourth-order valence-electron chi connectivity index (χ4n) is 1.46. The minimum atomic E-state index is 0.661. The summed E-state index contributed by atoms with van der Waals surface area (Å²) < 4.78 is 0.893. The third kappa shape index (κ3) is 3.92. The highest BCUT2D eigenvalue weighted by Gasteiger charge is 2.00. The minimum Gasteiger partial charge on any atom is -0.396 e. The first-order valence-corrected chi connectivity index (χ1v) is 7.36. The van der Waals surface area contributed by atoms with Crippen molar-refractivity contribution in [2.45, 2.75) is 4.90 Å². The molecule has 0 radical (unpaired) electrons. The summed E-state index contributed by atoms with van der Waals surface area (Å²) in [5.74, 6) is 1.72. The molecule has 94 valence electrons. The van der Waals surface area contributed by atoms with Crippen molar-refractivity contribution in [2.24, 2.45) is 0 Å². The van der Waals surface area contributed by atoms with Gasteiger partial charge in [0.2, 0.25) is 0 Å². The number of hydrogen-bond donors (Lipinski definition) is 2. The number of benzene rings is 1. The van der Waals surface area contributed by atoms with Gasteiger partial charge in [0, 0.05) is 27.9 Å². The van der Waals surface area contributed by atoms with E-state index in [1.165, 1.54) is 4.90 Å². The molecule has 2 rings (SSSR count). The maximum atomic E-state index is 5.85. The van der Waals surface area contributed by atoms with Crippen LogP contribution in [0.15, 0.2) is 52.0 Å². The lowest BCUT2D eigenvalue weighted by molar-refractivity contribution is 1.17. The Morgan fingerprint density at radius 2 is 2.06 bits per heavy atom. The second-order valence-electron chi connectivity index (χ2n) is 3.68. The highest BCUT2D eigenvalue weighted by molar-refractivity contribution is 9.10. The van der Waals surface area contributed by atoms with E-state index in [2.05, 4.69) is 38.4 Å². The Hall–Kier alpha value is -1.20. The predicted molar refractivity (Wildman–Crippen MR) is 82.0 cm³/mol. The number of nitrogens with zero attached hydrogens (tertiary/aromatic N) is 1. The van der Waals surface area contributed by atoms with Crippen LogP contribution in [0.2, 0.25) is 0 Å². The molecule has 0 bridgehead atoms. The lowest BCUT2D eigenvalue weighted by atomic mass is 10.4. The molecule has 1 heterocycles. The summed E-state index contributed by atoms with van der Waals surface area (Å²) in [7, 11) is 0. The van der Waals surface area contributed by atoms with Crippen molar-refractivity contribution >= 4 is 39.2 Å². The summed E-state index contributed by atoms with van der Waals surface area (Å²) >= 11 is 5.14. The lowest BCUT2D eigenvalue weighted by Crippen LogP contribution is -2.07. The van der Waals surface area contributed by atoms with E-state index in [-0.39, 0.29) is 0 Å². The van der Waals surface area contributed by atoms with Gasteiger partial charge >= 0.3 is 0 Å². The van der Waals surface area contributed by atoms with E-state index in [4.69, 9.17) is 5.73 Å². The maximum Gasteiger partial charge on any atom is 0.149 e. The third-order valence-electron chi connectivity index (χ3n) is 2.29. The van der Waals surface area contributed by atoms with Crippen LogP contribution in [0.3, 0.4) is 0 Å². The summed E-state index contributed by atoms with van der Waals surface area (Å²) in [5, 5.41) is 3.23. The lowest BCUT2D eigenvalue weighted by Gasteiger charge is -2.08. The van der Waals surface area contributed by atoms with Gasteiger partial charge in [-0.15, -0.1) is 11.8 Å². The Labute approximate surface area is 119 Å². The van der Waals surface area contributed by atoms with Gasteiger partial charge in [0.15, 0.2) is 0 Å². The van der Waals surface area contributed by atoms with Crippen molar-refractivity contribution in [1.29, 1.82) is 0 Å². The van der Waals surface area contributed by atoms with Crippen LogP contribution in [0.5, 0.6) is 0 Å². The van der Waals surface area contributed by atoms with Crippen molar-refractivity contribution in [3.63, 3.8) is 0 Å². The first kappa shape index (κ1) is 13.2. The Bertz CT molecular complexity index is 505.